The highest BCUT2D eigenvalue weighted by Crippen LogP contribution is 2.23. The molecule has 1 heterocycles. The van der Waals surface area contributed by atoms with Gasteiger partial charge in [-0.2, -0.15) is 5.10 Å². The average molecular weight is 385 g/mol. The number of ether oxygens (including phenoxy) is 1. The number of nitrogens with one attached hydrogen (secondary N) is 2. The van der Waals surface area contributed by atoms with Crippen LogP contribution in [0.4, 0.5) is 16.2 Å². The van der Waals surface area contributed by atoms with Crippen LogP contribution in [0.25, 0.3) is 0 Å². The minimum Gasteiger partial charge on any atom is -0.497 e. The zero-order valence-electron chi connectivity index (χ0n) is 15.4. The van der Waals surface area contributed by atoms with Crippen molar-refractivity contribution in [2.45, 2.75) is 20.4 Å². The molecule has 2 amide bonds. The molecule has 0 saturated heterocycles. The Morgan fingerprint density at radius 1 is 1.15 bits per heavy atom. The fourth-order valence-corrected chi connectivity index (χ4v) is 2.99. The molecule has 140 valence electrons. The number of carbonyl (C=O) groups excluding carboxylic acids is 1. The number of nitrogens with zero attached hydrogens (tertiary/aromatic N) is 2. The van der Waals surface area contributed by atoms with Gasteiger partial charge in [-0.15, -0.1) is 0 Å². The van der Waals surface area contributed by atoms with E-state index in [0.717, 1.165) is 17.0 Å². The van der Waals surface area contributed by atoms with E-state index >= 15 is 0 Å². The van der Waals surface area contributed by atoms with Crippen molar-refractivity contribution in [3.8, 4) is 5.75 Å². The molecule has 0 unspecified atom stereocenters. The summed E-state index contributed by atoms with van der Waals surface area (Å²) in [6.07, 6.45) is 0. The highest BCUT2D eigenvalue weighted by atomic mass is 35.5. The quantitative estimate of drug-likeness (QED) is 0.660. The van der Waals surface area contributed by atoms with Crippen molar-refractivity contribution in [3.63, 3.8) is 0 Å². The van der Waals surface area contributed by atoms with Crippen molar-refractivity contribution < 1.29 is 9.53 Å². The SMILES string of the molecule is COc1cccc(NC(=O)Nc2c(C)nn(Cc3ccccc3Cl)c2C)c1. The minimum absolute atomic E-state index is 0.341. The molecule has 2 N–H and O–H groups in total. The Balaban J connectivity index is 1.74. The molecule has 2 aromatic carbocycles. The normalized spacial score (nSPS) is 10.5. The van der Waals surface area contributed by atoms with E-state index in [2.05, 4.69) is 15.7 Å². The number of anilines is 2. The average Bonchev–Trinajstić information content (AvgIpc) is 2.91. The van der Waals surface area contributed by atoms with Gasteiger partial charge in [-0.3, -0.25) is 4.68 Å². The molecular formula is C20H21ClN4O2. The Kier molecular flexibility index (Phi) is 5.66. The fraction of sp³-hybridized carbons (Fsp3) is 0.200. The van der Waals surface area contributed by atoms with E-state index in [1.807, 2.05) is 54.9 Å². The van der Waals surface area contributed by atoms with Gasteiger partial charge in [0.2, 0.25) is 0 Å². The Morgan fingerprint density at radius 2 is 1.93 bits per heavy atom. The van der Waals surface area contributed by atoms with E-state index in [-0.39, 0.29) is 6.03 Å². The van der Waals surface area contributed by atoms with Gasteiger partial charge in [0.15, 0.2) is 0 Å². The van der Waals surface area contributed by atoms with Crippen LogP contribution < -0.4 is 15.4 Å². The lowest BCUT2D eigenvalue weighted by molar-refractivity contribution is 0.262. The second kappa shape index (κ2) is 8.14. The lowest BCUT2D eigenvalue weighted by Gasteiger charge is -2.10. The van der Waals surface area contributed by atoms with Crippen LogP contribution in [-0.2, 0) is 6.54 Å². The monoisotopic (exact) mass is 384 g/mol. The summed E-state index contributed by atoms with van der Waals surface area (Å²) in [7, 11) is 1.58. The third-order valence-corrected chi connectivity index (χ3v) is 4.59. The van der Waals surface area contributed by atoms with Crippen LogP contribution >= 0.6 is 11.6 Å². The van der Waals surface area contributed by atoms with Gasteiger partial charge in [0, 0.05) is 16.8 Å². The third-order valence-electron chi connectivity index (χ3n) is 4.23. The first-order valence-corrected chi connectivity index (χ1v) is 8.85. The number of amides is 2. The lowest BCUT2D eigenvalue weighted by Crippen LogP contribution is -2.20. The molecule has 0 spiro atoms. The van der Waals surface area contributed by atoms with Gasteiger partial charge in [0.1, 0.15) is 5.75 Å². The van der Waals surface area contributed by atoms with Crippen molar-refractivity contribution in [2.24, 2.45) is 0 Å². The maximum absolute atomic E-state index is 12.4. The number of hydrogen-bond acceptors (Lipinski definition) is 3. The van der Waals surface area contributed by atoms with E-state index in [4.69, 9.17) is 16.3 Å². The highest BCUT2D eigenvalue weighted by molar-refractivity contribution is 6.31. The first-order chi connectivity index (χ1) is 13.0. The third kappa shape index (κ3) is 4.41. The Morgan fingerprint density at radius 3 is 2.67 bits per heavy atom. The minimum atomic E-state index is -0.341. The van der Waals surface area contributed by atoms with Gasteiger partial charge in [-0.25, -0.2) is 4.79 Å². The molecule has 3 rings (SSSR count). The Bertz CT molecular complexity index is 968. The van der Waals surface area contributed by atoms with Crippen molar-refractivity contribution in [2.75, 3.05) is 17.7 Å². The number of benzene rings is 2. The molecule has 3 aromatic rings. The van der Waals surface area contributed by atoms with Gasteiger partial charge in [-0.1, -0.05) is 35.9 Å². The van der Waals surface area contributed by atoms with Crippen LogP contribution in [-0.4, -0.2) is 22.9 Å². The van der Waals surface area contributed by atoms with Crippen molar-refractivity contribution in [1.82, 2.24) is 9.78 Å². The number of halogens is 1. The molecule has 0 atom stereocenters. The molecule has 27 heavy (non-hydrogen) atoms. The molecule has 0 aliphatic heterocycles. The predicted molar refractivity (Wildman–Crippen MR) is 108 cm³/mol. The second-order valence-electron chi connectivity index (χ2n) is 6.11. The van der Waals surface area contributed by atoms with Gasteiger partial charge < -0.3 is 15.4 Å². The Labute approximate surface area is 163 Å². The number of methoxy groups -OCH3 is 1. The first-order valence-electron chi connectivity index (χ1n) is 8.47. The van der Waals surface area contributed by atoms with Crippen LogP contribution in [0, 0.1) is 13.8 Å². The smallest absolute Gasteiger partial charge is 0.323 e. The van der Waals surface area contributed by atoms with Crippen LogP contribution in [0.5, 0.6) is 5.75 Å². The van der Waals surface area contributed by atoms with Gasteiger partial charge in [-0.05, 0) is 37.6 Å². The predicted octanol–water partition coefficient (Wildman–Crippen LogP) is 4.85. The summed E-state index contributed by atoms with van der Waals surface area (Å²) in [5.74, 6) is 0.674. The molecule has 7 heteroatoms. The lowest BCUT2D eigenvalue weighted by atomic mass is 10.2. The van der Waals surface area contributed by atoms with Gasteiger partial charge in [0.05, 0.1) is 30.7 Å². The van der Waals surface area contributed by atoms with E-state index in [9.17, 15) is 4.79 Å². The molecule has 1 aromatic heterocycles. The molecule has 0 saturated carbocycles. The number of rotatable bonds is 5. The molecule has 0 bridgehead atoms. The first kappa shape index (κ1) is 18.8. The summed E-state index contributed by atoms with van der Waals surface area (Å²) < 4.78 is 7.00. The summed E-state index contributed by atoms with van der Waals surface area (Å²) >= 11 is 6.24. The zero-order chi connectivity index (χ0) is 19.4. The highest BCUT2D eigenvalue weighted by Gasteiger charge is 2.15. The Hall–Kier alpha value is -2.99. The number of aromatic nitrogens is 2. The summed E-state index contributed by atoms with van der Waals surface area (Å²) in [4.78, 5) is 12.4. The van der Waals surface area contributed by atoms with Crippen molar-refractivity contribution >= 4 is 29.0 Å². The topological polar surface area (TPSA) is 68.2 Å². The van der Waals surface area contributed by atoms with Crippen molar-refractivity contribution in [1.29, 1.82) is 0 Å². The van der Waals surface area contributed by atoms with Crippen molar-refractivity contribution in [3.05, 3.63) is 70.5 Å². The number of hydrogen-bond donors (Lipinski definition) is 2. The van der Waals surface area contributed by atoms with Crippen LogP contribution in [0.3, 0.4) is 0 Å². The largest absolute Gasteiger partial charge is 0.497 e. The van der Waals surface area contributed by atoms with Gasteiger partial charge in [0.25, 0.3) is 0 Å². The summed E-state index contributed by atoms with van der Waals surface area (Å²) in [5.41, 5.74) is 3.89. The van der Waals surface area contributed by atoms with E-state index in [1.54, 1.807) is 19.2 Å². The summed E-state index contributed by atoms with van der Waals surface area (Å²) in [6, 6.07) is 14.5. The van der Waals surface area contributed by atoms with E-state index in [0.29, 0.717) is 28.7 Å². The number of urea groups is 1. The molecule has 0 radical (unpaired) electrons. The number of carbonyl (C=O) groups is 1. The summed E-state index contributed by atoms with van der Waals surface area (Å²) in [6.45, 7) is 4.31. The number of aryl methyl sites for hydroxylation is 1. The second-order valence-corrected chi connectivity index (χ2v) is 6.51. The summed E-state index contributed by atoms with van der Waals surface area (Å²) in [5, 5.41) is 10.9. The maximum Gasteiger partial charge on any atom is 0.323 e. The van der Waals surface area contributed by atoms with Crippen LogP contribution in [0.15, 0.2) is 48.5 Å². The van der Waals surface area contributed by atoms with Crippen LogP contribution in [0.2, 0.25) is 5.02 Å². The maximum atomic E-state index is 12.4. The fourth-order valence-electron chi connectivity index (χ4n) is 2.80. The molecular weight excluding hydrogens is 364 g/mol. The zero-order valence-corrected chi connectivity index (χ0v) is 16.2. The van der Waals surface area contributed by atoms with Crippen LogP contribution in [0.1, 0.15) is 17.0 Å². The van der Waals surface area contributed by atoms with E-state index in [1.165, 1.54) is 0 Å². The van der Waals surface area contributed by atoms with Gasteiger partial charge >= 0.3 is 6.03 Å². The van der Waals surface area contributed by atoms with E-state index < -0.39 is 0 Å². The molecule has 0 aliphatic rings. The molecule has 0 aliphatic carbocycles. The standard InChI is InChI=1S/C20H21ClN4O2/c1-13-19(23-20(26)22-16-8-6-9-17(11-16)27-3)14(2)25(24-13)12-15-7-4-5-10-18(15)21/h4-11H,12H2,1-3H3,(H2,22,23,26). The molecule has 6 nitrogen and oxygen atoms in total. The molecule has 0 fully saturated rings.